The minimum atomic E-state index is 0.701. The summed E-state index contributed by atoms with van der Waals surface area (Å²) in [5.74, 6) is 0. The predicted octanol–water partition coefficient (Wildman–Crippen LogP) is 0.456. The molecule has 0 radical (unpaired) electrons. The maximum Gasteiger partial charge on any atom is 0.0840 e. The minimum absolute atomic E-state index is 0.701. The van der Waals surface area contributed by atoms with E-state index >= 15 is 0 Å². The van der Waals surface area contributed by atoms with E-state index < -0.39 is 0 Å². The molecular formula is C4H10N2S. The van der Waals surface area contributed by atoms with Crippen molar-refractivity contribution in [3.63, 3.8) is 0 Å². The third-order valence-electron chi connectivity index (χ3n) is 0.609. The van der Waals surface area contributed by atoms with E-state index in [1.807, 2.05) is 6.26 Å². The summed E-state index contributed by atoms with van der Waals surface area (Å²) in [7, 11) is 0. The van der Waals surface area contributed by atoms with Gasteiger partial charge in [-0.25, -0.2) is 0 Å². The third kappa shape index (κ3) is 2.39. The van der Waals surface area contributed by atoms with Crippen molar-refractivity contribution in [2.45, 2.75) is 6.92 Å². The lowest BCUT2D eigenvalue weighted by atomic mass is 10.6. The normalized spacial score (nSPS) is 13.4. The van der Waals surface area contributed by atoms with Gasteiger partial charge in [0.1, 0.15) is 0 Å². The van der Waals surface area contributed by atoms with Crippen LogP contribution in [-0.2, 0) is 0 Å². The van der Waals surface area contributed by atoms with E-state index in [2.05, 4.69) is 0 Å². The fourth-order valence-electron chi connectivity index (χ4n) is 0.161. The monoisotopic (exact) mass is 118 g/mol. The molecule has 0 bridgehead atoms. The van der Waals surface area contributed by atoms with E-state index in [4.69, 9.17) is 11.5 Å². The molecule has 0 saturated heterocycles. The van der Waals surface area contributed by atoms with Gasteiger partial charge in [0.05, 0.1) is 5.03 Å². The van der Waals surface area contributed by atoms with Gasteiger partial charge >= 0.3 is 0 Å². The Morgan fingerprint density at radius 1 is 1.43 bits per heavy atom. The molecule has 0 amide bonds. The number of thioether (sulfide) groups is 1. The highest BCUT2D eigenvalue weighted by atomic mass is 32.2. The molecule has 3 heteroatoms. The first-order valence-corrected chi connectivity index (χ1v) is 3.16. The summed E-state index contributed by atoms with van der Waals surface area (Å²) in [6.45, 7) is 1.78. The summed E-state index contributed by atoms with van der Waals surface area (Å²) in [5.41, 5.74) is 11.3. The fraction of sp³-hybridized carbons (Fsp3) is 0.500. The number of hydrogen-bond acceptors (Lipinski definition) is 3. The lowest BCUT2D eigenvalue weighted by Gasteiger charge is -1.94. The smallest absolute Gasteiger partial charge is 0.0840 e. The highest BCUT2D eigenvalue weighted by Crippen LogP contribution is 2.04. The van der Waals surface area contributed by atoms with Crippen molar-refractivity contribution in [3.05, 3.63) is 10.7 Å². The van der Waals surface area contributed by atoms with Crippen LogP contribution < -0.4 is 11.5 Å². The zero-order chi connectivity index (χ0) is 5.86. The quantitative estimate of drug-likeness (QED) is 0.526. The summed E-state index contributed by atoms with van der Waals surface area (Å²) < 4.78 is 0. The van der Waals surface area contributed by atoms with Crippen LogP contribution in [0.4, 0.5) is 0 Å². The van der Waals surface area contributed by atoms with E-state index in [1.54, 1.807) is 6.92 Å². The zero-order valence-corrected chi connectivity index (χ0v) is 5.38. The predicted molar refractivity (Wildman–Crippen MR) is 34.6 cm³/mol. The van der Waals surface area contributed by atoms with Crippen molar-refractivity contribution in [2.75, 3.05) is 6.26 Å². The van der Waals surface area contributed by atoms with Crippen LogP contribution in [0.3, 0.4) is 0 Å². The minimum Gasteiger partial charge on any atom is -0.400 e. The molecule has 0 heterocycles. The van der Waals surface area contributed by atoms with E-state index in [1.165, 1.54) is 11.8 Å². The van der Waals surface area contributed by atoms with Crippen LogP contribution in [0.25, 0.3) is 0 Å². The Balaban J connectivity index is 3.72. The topological polar surface area (TPSA) is 52.0 Å². The summed E-state index contributed by atoms with van der Waals surface area (Å²) >= 11 is 1.47. The highest BCUT2D eigenvalue weighted by Gasteiger charge is 1.85. The number of nitrogens with two attached hydrogens (primary N) is 2. The van der Waals surface area contributed by atoms with Crippen LogP contribution in [0.2, 0.25) is 0 Å². The van der Waals surface area contributed by atoms with Crippen LogP contribution in [0.15, 0.2) is 10.7 Å². The van der Waals surface area contributed by atoms with E-state index in [0.29, 0.717) is 10.7 Å². The van der Waals surface area contributed by atoms with Crippen molar-refractivity contribution in [2.24, 2.45) is 11.5 Å². The molecule has 0 aliphatic carbocycles. The molecule has 0 aromatic heterocycles. The third-order valence-corrected chi connectivity index (χ3v) is 1.37. The average molecular weight is 118 g/mol. The molecule has 0 atom stereocenters. The Morgan fingerprint density at radius 2 is 1.86 bits per heavy atom. The number of allylic oxidation sites excluding steroid dienone is 1. The molecule has 7 heavy (non-hydrogen) atoms. The van der Waals surface area contributed by atoms with Crippen molar-refractivity contribution >= 4 is 11.8 Å². The lowest BCUT2D eigenvalue weighted by molar-refractivity contribution is 1.26. The first kappa shape index (κ1) is 6.69. The van der Waals surface area contributed by atoms with Crippen LogP contribution in [0.1, 0.15) is 6.92 Å². The van der Waals surface area contributed by atoms with Gasteiger partial charge in [0, 0.05) is 5.70 Å². The molecule has 0 saturated carbocycles. The Hall–Kier alpha value is -0.310. The Kier molecular flexibility index (Phi) is 2.67. The van der Waals surface area contributed by atoms with E-state index in [0.717, 1.165) is 0 Å². The second kappa shape index (κ2) is 2.80. The van der Waals surface area contributed by atoms with Gasteiger partial charge in [-0.15, -0.1) is 11.8 Å². The van der Waals surface area contributed by atoms with Gasteiger partial charge in [-0.3, -0.25) is 0 Å². The summed E-state index contributed by atoms with van der Waals surface area (Å²) in [5, 5.41) is 0.708. The van der Waals surface area contributed by atoms with Crippen LogP contribution in [0.5, 0.6) is 0 Å². The zero-order valence-electron chi connectivity index (χ0n) is 4.56. The molecule has 0 aliphatic heterocycles. The molecule has 0 fully saturated rings. The standard InChI is InChI=1S/C4H10N2S/c1-3(5)4(6)7-2/h5-6H2,1-2H3/b4-3+. The van der Waals surface area contributed by atoms with Crippen molar-refractivity contribution in [3.8, 4) is 0 Å². The van der Waals surface area contributed by atoms with Crippen LogP contribution in [-0.4, -0.2) is 6.26 Å². The van der Waals surface area contributed by atoms with Gasteiger partial charge < -0.3 is 11.5 Å². The summed E-state index contributed by atoms with van der Waals surface area (Å²) in [4.78, 5) is 0. The van der Waals surface area contributed by atoms with Crippen molar-refractivity contribution in [1.29, 1.82) is 0 Å². The second-order valence-corrected chi connectivity index (χ2v) is 2.10. The fourth-order valence-corrected chi connectivity index (χ4v) is 0.483. The Morgan fingerprint density at radius 3 is 1.86 bits per heavy atom. The van der Waals surface area contributed by atoms with Crippen molar-refractivity contribution < 1.29 is 0 Å². The molecule has 4 N–H and O–H groups in total. The van der Waals surface area contributed by atoms with Gasteiger partial charge in [-0.1, -0.05) is 0 Å². The molecule has 0 spiro atoms. The average Bonchev–Trinajstić information content (AvgIpc) is 1.65. The molecular weight excluding hydrogens is 108 g/mol. The van der Waals surface area contributed by atoms with E-state index in [9.17, 15) is 0 Å². The Bertz CT molecular complexity index is 83.7. The molecule has 0 aromatic rings. The van der Waals surface area contributed by atoms with Gasteiger partial charge in [-0.2, -0.15) is 0 Å². The van der Waals surface area contributed by atoms with Gasteiger partial charge in [-0.05, 0) is 13.2 Å². The number of hydrogen-bond donors (Lipinski definition) is 2. The maximum atomic E-state index is 5.33. The first-order chi connectivity index (χ1) is 3.18. The second-order valence-electron chi connectivity index (χ2n) is 1.25. The molecule has 0 aromatic carbocycles. The Labute approximate surface area is 47.9 Å². The van der Waals surface area contributed by atoms with Crippen LogP contribution >= 0.6 is 11.8 Å². The highest BCUT2D eigenvalue weighted by molar-refractivity contribution is 8.02. The first-order valence-electron chi connectivity index (χ1n) is 1.94. The number of rotatable bonds is 1. The van der Waals surface area contributed by atoms with E-state index in [-0.39, 0.29) is 0 Å². The summed E-state index contributed by atoms with van der Waals surface area (Å²) in [6, 6.07) is 0. The van der Waals surface area contributed by atoms with Crippen molar-refractivity contribution in [1.82, 2.24) is 0 Å². The molecule has 0 aliphatic rings. The van der Waals surface area contributed by atoms with Gasteiger partial charge in [0.25, 0.3) is 0 Å². The SMILES string of the molecule is CS/C(N)=C(\C)N. The van der Waals surface area contributed by atoms with Crippen LogP contribution in [0, 0.1) is 0 Å². The lowest BCUT2D eigenvalue weighted by Crippen LogP contribution is -2.02. The summed E-state index contributed by atoms with van der Waals surface area (Å²) in [6.07, 6.45) is 1.89. The molecule has 2 nitrogen and oxygen atoms in total. The molecule has 42 valence electrons. The molecule has 0 rings (SSSR count). The largest absolute Gasteiger partial charge is 0.400 e. The van der Waals surface area contributed by atoms with Gasteiger partial charge in [0.2, 0.25) is 0 Å². The molecule has 0 unspecified atom stereocenters. The maximum absolute atomic E-state index is 5.33. The van der Waals surface area contributed by atoms with Gasteiger partial charge in [0.15, 0.2) is 0 Å².